The first-order valence-corrected chi connectivity index (χ1v) is 18.4. The zero-order chi connectivity index (χ0) is 38.6. The number of hydrogen-bond donors (Lipinski definition) is 0. The highest BCUT2D eigenvalue weighted by Crippen LogP contribution is 2.36. The molecule has 1 unspecified atom stereocenters. The number of carbonyl (C=O) groups is 3. The van der Waals surface area contributed by atoms with Crippen LogP contribution < -0.4 is 18.9 Å². The SMILES string of the molecule is CCC(C)(C)C(=O)OCCCCCCOC1C[C@@H](COc2ccc(/C=C/C(=O)OC)cc2OC)C[C@@H](COc2ccc(/C=C/C(=O)OC)cc2OC)C1. The maximum absolute atomic E-state index is 12.2. The molecule has 292 valence electrons. The third kappa shape index (κ3) is 14.8. The predicted molar refractivity (Wildman–Crippen MR) is 203 cm³/mol. The molecule has 2 aromatic carbocycles. The van der Waals surface area contributed by atoms with Gasteiger partial charge in [-0.25, -0.2) is 9.59 Å². The number of carbonyl (C=O) groups excluding carboxylic acids is 3. The number of unbranched alkanes of at least 4 members (excludes halogenated alkanes) is 3. The van der Waals surface area contributed by atoms with Crippen molar-refractivity contribution in [2.75, 3.05) is 54.9 Å². The van der Waals surface area contributed by atoms with Gasteiger partial charge in [0, 0.05) is 18.8 Å². The topological polar surface area (TPSA) is 125 Å². The van der Waals surface area contributed by atoms with Crippen molar-refractivity contribution in [1.29, 1.82) is 0 Å². The third-order valence-corrected chi connectivity index (χ3v) is 9.47. The summed E-state index contributed by atoms with van der Waals surface area (Å²) in [7, 11) is 5.85. The average Bonchev–Trinajstić information content (AvgIpc) is 3.18. The van der Waals surface area contributed by atoms with E-state index < -0.39 is 17.4 Å². The lowest BCUT2D eigenvalue weighted by molar-refractivity contribution is -0.154. The van der Waals surface area contributed by atoms with Gasteiger partial charge in [-0.1, -0.05) is 25.5 Å². The molecule has 53 heavy (non-hydrogen) atoms. The smallest absolute Gasteiger partial charge is 0.330 e. The lowest BCUT2D eigenvalue weighted by atomic mass is 9.80. The Labute approximate surface area is 314 Å². The minimum atomic E-state index is -0.443. The first kappa shape index (κ1) is 42.9. The van der Waals surface area contributed by atoms with Crippen molar-refractivity contribution >= 4 is 30.1 Å². The molecular formula is C42H58O11. The van der Waals surface area contributed by atoms with E-state index >= 15 is 0 Å². The van der Waals surface area contributed by atoms with Gasteiger partial charge in [-0.3, -0.25) is 4.79 Å². The molecule has 0 aliphatic heterocycles. The number of benzene rings is 2. The summed E-state index contributed by atoms with van der Waals surface area (Å²) < 4.78 is 45.1. The van der Waals surface area contributed by atoms with Crippen molar-refractivity contribution in [1.82, 2.24) is 0 Å². The Kier molecular flexibility index (Phi) is 18.2. The number of esters is 3. The highest BCUT2D eigenvalue weighted by molar-refractivity contribution is 5.87. The van der Waals surface area contributed by atoms with E-state index in [-0.39, 0.29) is 23.9 Å². The van der Waals surface area contributed by atoms with Crippen LogP contribution in [-0.2, 0) is 33.3 Å². The molecule has 0 radical (unpaired) electrons. The molecule has 0 N–H and O–H groups in total. The van der Waals surface area contributed by atoms with E-state index in [1.165, 1.54) is 26.4 Å². The van der Waals surface area contributed by atoms with Gasteiger partial charge >= 0.3 is 17.9 Å². The van der Waals surface area contributed by atoms with Gasteiger partial charge in [0.2, 0.25) is 0 Å². The molecule has 1 saturated carbocycles. The fourth-order valence-electron chi connectivity index (χ4n) is 5.92. The van der Waals surface area contributed by atoms with Gasteiger partial charge in [0.15, 0.2) is 23.0 Å². The number of hydrogen-bond acceptors (Lipinski definition) is 11. The van der Waals surface area contributed by atoms with Crippen LogP contribution in [0.5, 0.6) is 23.0 Å². The van der Waals surface area contributed by atoms with Crippen molar-refractivity contribution in [2.24, 2.45) is 17.3 Å². The van der Waals surface area contributed by atoms with Crippen LogP contribution in [0.25, 0.3) is 12.2 Å². The Balaban J connectivity index is 1.61. The summed E-state index contributed by atoms with van der Waals surface area (Å²) in [5.41, 5.74) is 1.13. The fourth-order valence-corrected chi connectivity index (χ4v) is 5.92. The summed E-state index contributed by atoms with van der Waals surface area (Å²) in [6.45, 7) is 7.87. The molecule has 3 rings (SSSR count). The molecule has 2 aromatic rings. The summed E-state index contributed by atoms with van der Waals surface area (Å²) in [5, 5.41) is 0. The molecule has 1 aliphatic carbocycles. The average molecular weight is 739 g/mol. The molecular weight excluding hydrogens is 680 g/mol. The summed E-state index contributed by atoms with van der Waals surface area (Å²) >= 11 is 0. The van der Waals surface area contributed by atoms with Gasteiger partial charge in [-0.05, 0) is 118 Å². The second-order valence-electron chi connectivity index (χ2n) is 13.9. The lowest BCUT2D eigenvalue weighted by Gasteiger charge is -2.35. The molecule has 0 bridgehead atoms. The zero-order valence-electron chi connectivity index (χ0n) is 32.5. The van der Waals surface area contributed by atoms with Crippen molar-refractivity contribution in [3.63, 3.8) is 0 Å². The van der Waals surface area contributed by atoms with Gasteiger partial charge in [-0.2, -0.15) is 0 Å². The number of rotatable bonds is 22. The van der Waals surface area contributed by atoms with Crippen molar-refractivity contribution in [3.8, 4) is 23.0 Å². The molecule has 0 spiro atoms. The molecule has 1 fully saturated rings. The molecule has 0 heterocycles. The third-order valence-electron chi connectivity index (χ3n) is 9.47. The molecule has 0 saturated heterocycles. The normalized spacial score (nSPS) is 17.4. The second-order valence-corrected chi connectivity index (χ2v) is 13.9. The van der Waals surface area contributed by atoms with Crippen LogP contribution in [0.4, 0.5) is 0 Å². The van der Waals surface area contributed by atoms with E-state index in [9.17, 15) is 14.4 Å². The molecule has 1 aliphatic rings. The first-order chi connectivity index (χ1) is 25.5. The summed E-state index contributed by atoms with van der Waals surface area (Å²) in [5.74, 6) is 1.79. The second kappa shape index (κ2) is 22.5. The Morgan fingerprint density at radius 1 is 0.679 bits per heavy atom. The van der Waals surface area contributed by atoms with E-state index in [1.807, 2.05) is 57.2 Å². The summed E-state index contributed by atoms with van der Waals surface area (Å²) in [4.78, 5) is 35.3. The van der Waals surface area contributed by atoms with Gasteiger partial charge in [-0.15, -0.1) is 0 Å². The highest BCUT2D eigenvalue weighted by atomic mass is 16.5. The van der Waals surface area contributed by atoms with E-state index in [0.29, 0.717) is 49.4 Å². The van der Waals surface area contributed by atoms with E-state index in [0.717, 1.165) is 62.5 Å². The predicted octanol–water partition coefficient (Wildman–Crippen LogP) is 7.88. The fraction of sp³-hybridized carbons (Fsp3) is 0.548. The van der Waals surface area contributed by atoms with Crippen LogP contribution in [0, 0.1) is 17.3 Å². The van der Waals surface area contributed by atoms with Crippen molar-refractivity contribution in [2.45, 2.75) is 78.2 Å². The standard InChI is InChI=1S/C42H58O11/c1-8-42(2,3)41(45)51-22-12-10-9-11-21-50-34-24-32(28-52-35-17-13-30(26-37(35)46-4)15-19-39(43)48-6)23-33(25-34)29-53-36-18-14-31(27-38(36)47-5)16-20-40(44)49-7/h13-20,26-27,32-34H,8-12,21-25,28-29H2,1-7H3/b19-15+,20-16+/t32-,33+,34?. The highest BCUT2D eigenvalue weighted by Gasteiger charge is 2.31. The number of ether oxygens (including phenoxy) is 8. The van der Waals surface area contributed by atoms with Crippen molar-refractivity contribution < 1.29 is 52.3 Å². The Bertz CT molecular complexity index is 1420. The largest absolute Gasteiger partial charge is 0.493 e. The van der Waals surface area contributed by atoms with Gasteiger partial charge < -0.3 is 37.9 Å². The van der Waals surface area contributed by atoms with E-state index in [4.69, 9.17) is 28.4 Å². The monoisotopic (exact) mass is 738 g/mol. The molecule has 3 atom stereocenters. The minimum Gasteiger partial charge on any atom is -0.493 e. The van der Waals surface area contributed by atoms with E-state index in [1.54, 1.807) is 26.4 Å². The molecule has 11 nitrogen and oxygen atoms in total. The van der Waals surface area contributed by atoms with E-state index in [2.05, 4.69) is 9.47 Å². The van der Waals surface area contributed by atoms with Crippen molar-refractivity contribution in [3.05, 3.63) is 59.7 Å². The van der Waals surface area contributed by atoms with Crippen LogP contribution >= 0.6 is 0 Å². The van der Waals surface area contributed by atoms with Crippen LogP contribution in [0.1, 0.15) is 83.3 Å². The van der Waals surface area contributed by atoms with Crippen LogP contribution in [0.15, 0.2) is 48.6 Å². The number of methoxy groups -OCH3 is 4. The molecule has 0 amide bonds. The maximum Gasteiger partial charge on any atom is 0.330 e. The minimum absolute atomic E-state index is 0.0450. The van der Waals surface area contributed by atoms with Gasteiger partial charge in [0.25, 0.3) is 0 Å². The van der Waals surface area contributed by atoms with Gasteiger partial charge in [0.1, 0.15) is 0 Å². The summed E-state index contributed by atoms with van der Waals surface area (Å²) in [6, 6.07) is 11.0. The van der Waals surface area contributed by atoms with Crippen LogP contribution in [0.3, 0.4) is 0 Å². The first-order valence-electron chi connectivity index (χ1n) is 18.4. The molecule has 11 heteroatoms. The quantitative estimate of drug-likeness (QED) is 0.0507. The zero-order valence-corrected chi connectivity index (χ0v) is 32.5. The maximum atomic E-state index is 12.2. The molecule has 0 aromatic heterocycles. The Morgan fingerprint density at radius 2 is 1.17 bits per heavy atom. The van der Waals surface area contributed by atoms with Crippen LogP contribution in [-0.4, -0.2) is 78.9 Å². The summed E-state index contributed by atoms with van der Waals surface area (Å²) in [6.07, 6.45) is 13.2. The lowest BCUT2D eigenvalue weighted by Crippen LogP contribution is -2.34. The van der Waals surface area contributed by atoms with Gasteiger partial charge in [0.05, 0.1) is 59.8 Å². The Morgan fingerprint density at radius 3 is 1.62 bits per heavy atom. The van der Waals surface area contributed by atoms with Crippen LogP contribution in [0.2, 0.25) is 0 Å². The Hall–Kier alpha value is -4.51.